The van der Waals surface area contributed by atoms with Crippen molar-refractivity contribution in [3.63, 3.8) is 0 Å². The maximum Gasteiger partial charge on any atom is 0.490 e. The third kappa shape index (κ3) is 29.8. The molecule has 128 heavy (non-hydrogen) atoms. The monoisotopic (exact) mass is 1790 g/mol. The Kier molecular flexibility index (Phi) is 38.2. The molecule has 1 aliphatic rings. The lowest BCUT2D eigenvalue weighted by molar-refractivity contribution is -0.192. The summed E-state index contributed by atoms with van der Waals surface area (Å²) in [5.74, 6) is -17.3. The van der Waals surface area contributed by atoms with Crippen LogP contribution in [0.4, 0.5) is 17.6 Å². The van der Waals surface area contributed by atoms with E-state index in [1.54, 1.807) is 66.9 Å². The number of primary amides is 1. The molecular formula is C87H111F4N17O20. The van der Waals surface area contributed by atoms with Crippen LogP contribution in [-0.4, -0.2) is 277 Å². The maximum atomic E-state index is 15.9. The third-order valence-corrected chi connectivity index (χ3v) is 21.7. The molecule has 41 heteroatoms. The summed E-state index contributed by atoms with van der Waals surface area (Å²) in [6.07, 6.45) is -5.64. The average Bonchev–Trinajstić information content (AvgIpc) is 1.47. The minimum Gasteiger partial charge on any atom is -0.508 e. The Bertz CT molecular complexity index is 5040. The van der Waals surface area contributed by atoms with Crippen LogP contribution in [0.25, 0.3) is 21.8 Å². The molecule has 14 amide bonds. The number of aromatic hydroxyl groups is 2. The van der Waals surface area contributed by atoms with E-state index < -0.39 is 200 Å². The van der Waals surface area contributed by atoms with Crippen molar-refractivity contribution in [3.8, 4) is 11.5 Å². The summed E-state index contributed by atoms with van der Waals surface area (Å²) < 4.78 is 46.2. The third-order valence-electron chi connectivity index (χ3n) is 21.7. The first-order valence-corrected chi connectivity index (χ1v) is 41.3. The Labute approximate surface area is 734 Å². The van der Waals surface area contributed by atoms with Gasteiger partial charge in [0.05, 0.1) is 12.7 Å². The van der Waals surface area contributed by atoms with Crippen molar-refractivity contribution < 1.29 is 115 Å². The SMILES string of the molecule is CC(=O)NCCCC[C@H]1C(=O)N[C@@H](Cc2c[nH]c3ccc(O)cc23)C(=O)N[C@@H](Cc2c[nH]c3ccccc23)C(=O)N[C@@H]([C@H](C)O)C(=O)N(C)[C@H](C(=O)N(C)[C@@H](Cc2ccc(F)cc2)C(=O)N[C@@H](CCCCN)C(N)=O)CNC(=O)CC[C@H](NC(C)=O)C(=O)N[C@@H](Cc2ccc(O)cc2)C(=O)N[C@@H](CO)C(=O)N(C)[C@@H](CCc2ccccc2)C(=O)N1C.O=C(O)C(F)(F)F. The molecule has 692 valence electrons. The molecule has 0 saturated carbocycles. The fraction of sp³-hybridized carbons (Fsp3) is 0.437. The van der Waals surface area contributed by atoms with Gasteiger partial charge in [0.25, 0.3) is 0 Å². The Morgan fingerprint density at radius 3 is 1.76 bits per heavy atom. The first-order valence-electron chi connectivity index (χ1n) is 41.3. The van der Waals surface area contributed by atoms with Gasteiger partial charge >= 0.3 is 12.1 Å². The van der Waals surface area contributed by atoms with E-state index in [9.17, 15) is 71.5 Å². The number of likely N-dealkylation sites (N-methyl/N-ethyl adjacent to an activating group) is 4. The van der Waals surface area contributed by atoms with Gasteiger partial charge in [-0.2, -0.15) is 13.2 Å². The Hall–Kier alpha value is -13.6. The lowest BCUT2D eigenvalue weighted by Gasteiger charge is -2.37. The standard InChI is InChI=1S/C85H110FN17O18.C2HF3O2/c1-48(105)74-85(121)103(7)72(84(120)102(6)71(40-53-23-28-56(86)29-24-53)81(117)94-63(75(88)111)21-13-15-37-87)46-92-73(110)36-34-64(93-50(3)107)76(112)95-65(39-52-25-30-57(108)31-26-52)77(113)98-68(47-104)82(118)101(5)70(35-27-51-17-9-8-10-18-51)83(119)100(4)69(22-14-16-38-89-49(2)106)80(116)97-66(42-55-45-91-62-33-32-58(109)43-60(55)62)78(114)96-67(79(115)99-74)41-54-44-90-61-20-12-11-19-59(54)61;3-2(4,5)1(6)7/h8-12,17-20,23-26,28-33,43-45,48,63-72,74,90-91,104-105,108-109H,13-16,21-22,27,34-42,46-47,87H2,1-7H3,(H2,88,111)(H,89,106)(H,92,110)(H,93,107)(H,94,117)(H,95,112)(H,96,114)(H,97,116)(H,98,113)(H,99,115);(H,6,7)/t48-,63-,64-,65-,66-,67-,68-,69-,70-,71-,72-,74-;/m0./s1. The number of benzene rings is 5. The number of nitrogens with zero attached hydrogens (tertiary/aromatic N) is 4. The number of fused-ring (bicyclic) bond motifs is 2. The number of carbonyl (C=O) groups excluding carboxylic acids is 14. The summed E-state index contributed by atoms with van der Waals surface area (Å²) in [5.41, 5.74) is 14.7. The van der Waals surface area contributed by atoms with Gasteiger partial charge in [-0.25, -0.2) is 9.18 Å². The van der Waals surface area contributed by atoms with Crippen LogP contribution < -0.4 is 59.3 Å². The van der Waals surface area contributed by atoms with Gasteiger partial charge in [0.15, 0.2) is 0 Å². The van der Waals surface area contributed by atoms with Crippen LogP contribution in [0.2, 0.25) is 0 Å². The van der Waals surface area contributed by atoms with E-state index in [0.29, 0.717) is 56.9 Å². The Balaban J connectivity index is 0.00000307. The van der Waals surface area contributed by atoms with Crippen LogP contribution in [0.3, 0.4) is 0 Å². The van der Waals surface area contributed by atoms with E-state index in [-0.39, 0.29) is 93.8 Å². The second kappa shape index (κ2) is 48.2. The lowest BCUT2D eigenvalue weighted by atomic mass is 9.99. The number of hydrogen-bond acceptors (Lipinski definition) is 20. The number of para-hydroxylation sites is 1. The molecule has 37 nitrogen and oxygen atoms in total. The molecule has 3 heterocycles. The maximum absolute atomic E-state index is 15.9. The number of carboxylic acids is 1. The quantitative estimate of drug-likeness (QED) is 0.0237. The first-order chi connectivity index (χ1) is 60.6. The van der Waals surface area contributed by atoms with Crippen LogP contribution in [0.5, 0.6) is 11.5 Å². The van der Waals surface area contributed by atoms with Gasteiger partial charge in [0, 0.05) is 121 Å². The molecule has 7 aromatic rings. The van der Waals surface area contributed by atoms with Gasteiger partial charge in [0.1, 0.15) is 83.8 Å². The normalized spacial score (nSPS) is 20.3. The van der Waals surface area contributed by atoms with E-state index in [1.165, 1.54) is 82.8 Å². The van der Waals surface area contributed by atoms with Gasteiger partial charge in [-0.15, -0.1) is 0 Å². The van der Waals surface area contributed by atoms with Crippen molar-refractivity contribution >= 4 is 110 Å². The highest BCUT2D eigenvalue weighted by Crippen LogP contribution is 2.27. The topological polar surface area (TPSA) is 562 Å². The number of aliphatic hydroxyl groups is 2. The second-order valence-electron chi connectivity index (χ2n) is 31.2. The van der Waals surface area contributed by atoms with E-state index in [0.717, 1.165) is 52.6 Å². The van der Waals surface area contributed by atoms with Gasteiger partial charge in [-0.3, -0.25) is 67.1 Å². The number of nitrogens with two attached hydrogens (primary N) is 2. The van der Waals surface area contributed by atoms with Gasteiger partial charge in [-0.05, 0) is 148 Å². The number of carboxylic acid groups (broad SMARTS) is 1. The molecular weight excluding hydrogens is 1680 g/mol. The first kappa shape index (κ1) is 102. The number of hydrogen-bond donors (Lipinski definition) is 18. The van der Waals surface area contributed by atoms with E-state index >= 15 is 33.6 Å². The van der Waals surface area contributed by atoms with Crippen LogP contribution in [0.15, 0.2) is 134 Å². The molecule has 0 radical (unpaired) electrons. The molecule has 0 bridgehead atoms. The largest absolute Gasteiger partial charge is 0.508 e. The average molecular weight is 1790 g/mol. The van der Waals surface area contributed by atoms with Gasteiger partial charge in [0.2, 0.25) is 82.7 Å². The molecule has 12 atom stereocenters. The molecule has 2 aromatic heterocycles. The highest BCUT2D eigenvalue weighted by atomic mass is 19.4. The minimum atomic E-state index is -5.08. The zero-order valence-electron chi connectivity index (χ0n) is 71.7. The number of phenols is 2. The summed E-state index contributed by atoms with van der Waals surface area (Å²) in [6.45, 7) is 1.90. The summed E-state index contributed by atoms with van der Waals surface area (Å²) >= 11 is 0. The van der Waals surface area contributed by atoms with Crippen molar-refractivity contribution in [1.82, 2.24) is 77.4 Å². The van der Waals surface area contributed by atoms with Gasteiger partial charge in [-0.1, -0.05) is 72.8 Å². The molecule has 1 aliphatic heterocycles. The lowest BCUT2D eigenvalue weighted by Crippen LogP contribution is -2.64. The number of aryl methyl sites for hydroxylation is 1. The van der Waals surface area contributed by atoms with Crippen molar-refractivity contribution in [2.75, 3.05) is 54.4 Å². The number of halogens is 4. The Morgan fingerprint density at radius 1 is 0.609 bits per heavy atom. The summed E-state index contributed by atoms with van der Waals surface area (Å²) in [7, 11) is 4.79. The van der Waals surface area contributed by atoms with Crippen molar-refractivity contribution in [2.24, 2.45) is 11.5 Å². The number of H-pyrrole nitrogens is 2. The molecule has 0 spiro atoms. The molecule has 0 unspecified atom stereocenters. The zero-order valence-corrected chi connectivity index (χ0v) is 71.7. The molecule has 0 aliphatic carbocycles. The predicted molar refractivity (Wildman–Crippen MR) is 457 cm³/mol. The molecule has 20 N–H and O–H groups in total. The van der Waals surface area contributed by atoms with Crippen LogP contribution in [0.1, 0.15) is 106 Å². The summed E-state index contributed by atoms with van der Waals surface area (Å²) in [6, 6.07) is 11.7. The van der Waals surface area contributed by atoms with Crippen LogP contribution >= 0.6 is 0 Å². The number of aromatic nitrogens is 2. The number of aliphatic hydroxyl groups excluding tert-OH is 2. The fourth-order valence-corrected chi connectivity index (χ4v) is 14.5. The molecule has 8 rings (SSSR count). The fourth-order valence-electron chi connectivity index (χ4n) is 14.5. The van der Waals surface area contributed by atoms with Gasteiger partial charge < -0.3 is 114 Å². The van der Waals surface area contributed by atoms with Crippen molar-refractivity contribution in [1.29, 1.82) is 0 Å². The van der Waals surface area contributed by atoms with Crippen molar-refractivity contribution in [3.05, 3.63) is 167 Å². The highest BCUT2D eigenvalue weighted by Gasteiger charge is 2.44. The molecule has 1 fully saturated rings. The number of phenolic OH excluding ortho intramolecular Hbond substituents is 2. The number of rotatable bonds is 28. The van der Waals surface area contributed by atoms with Crippen LogP contribution in [-0.2, 0) is 104 Å². The molecule has 1 saturated heterocycles. The number of alkyl halides is 3. The summed E-state index contributed by atoms with van der Waals surface area (Å²) in [5, 5.41) is 75.8. The van der Waals surface area contributed by atoms with E-state index in [4.69, 9.17) is 21.4 Å². The number of amides is 14. The number of aromatic amines is 2. The highest BCUT2D eigenvalue weighted by molar-refractivity contribution is 6.01. The smallest absolute Gasteiger partial charge is 0.490 e. The van der Waals surface area contributed by atoms with E-state index in [1.807, 2.05) is 0 Å². The number of unbranched alkanes of at least 4 members (excludes halogenated alkanes) is 2. The number of aliphatic carboxylic acids is 1. The zero-order chi connectivity index (χ0) is 94.4. The molecule has 5 aromatic carbocycles. The predicted octanol–water partition coefficient (Wildman–Crippen LogP) is 0.661. The van der Waals surface area contributed by atoms with E-state index in [2.05, 4.69) is 57.8 Å². The number of nitrogens with one attached hydrogen (secondary N) is 11. The second-order valence-corrected chi connectivity index (χ2v) is 31.2. The Morgan fingerprint density at radius 2 is 1.16 bits per heavy atom. The number of carbonyl (C=O) groups is 15. The van der Waals surface area contributed by atoms with Crippen LogP contribution in [0, 0.1) is 5.82 Å². The van der Waals surface area contributed by atoms with Crippen molar-refractivity contribution in [2.45, 2.75) is 189 Å². The summed E-state index contributed by atoms with van der Waals surface area (Å²) in [4.78, 5) is 226. The minimum absolute atomic E-state index is 0.0194.